The van der Waals surface area contributed by atoms with E-state index in [0.29, 0.717) is 17.6 Å². The summed E-state index contributed by atoms with van der Waals surface area (Å²) in [4.78, 5) is 5.28. The Morgan fingerprint density at radius 2 is 2.35 bits per heavy atom. The van der Waals surface area contributed by atoms with Crippen LogP contribution in [-0.2, 0) is 5.75 Å². The molecule has 0 saturated heterocycles. The molecule has 0 aliphatic rings. The average molecular weight is 270 g/mol. The summed E-state index contributed by atoms with van der Waals surface area (Å²) in [5.74, 6) is 1.33. The molecule has 0 atom stereocenters. The molecule has 6 heteroatoms. The first-order chi connectivity index (χ1) is 8.28. The number of aromatic nitrogens is 2. The summed E-state index contributed by atoms with van der Waals surface area (Å²) in [5, 5.41) is 7.57. The number of benzene rings is 1. The molecule has 0 fully saturated rings. The molecular formula is C11H12ClN3OS. The van der Waals surface area contributed by atoms with E-state index in [9.17, 15) is 0 Å². The predicted molar refractivity (Wildman–Crippen MR) is 69.5 cm³/mol. The van der Waals surface area contributed by atoms with Crippen LogP contribution >= 0.6 is 23.4 Å². The first kappa shape index (κ1) is 12.3. The Hall–Kier alpha value is -1.20. The highest BCUT2D eigenvalue weighted by Crippen LogP contribution is 2.24. The fraction of sp³-hybridized carbons (Fsp3) is 0.273. The van der Waals surface area contributed by atoms with Crippen LogP contribution in [0.25, 0.3) is 0 Å². The van der Waals surface area contributed by atoms with Crippen LogP contribution in [0.1, 0.15) is 12.7 Å². The maximum absolute atomic E-state index is 5.90. The van der Waals surface area contributed by atoms with Crippen molar-refractivity contribution in [1.82, 2.24) is 10.1 Å². The lowest BCUT2D eigenvalue weighted by Gasteiger charge is -1.98. The van der Waals surface area contributed by atoms with Crippen molar-refractivity contribution in [3.8, 4) is 0 Å². The van der Waals surface area contributed by atoms with Crippen molar-refractivity contribution in [3.05, 3.63) is 35.1 Å². The lowest BCUT2D eigenvalue weighted by molar-refractivity contribution is 0.425. The second-order valence-electron chi connectivity index (χ2n) is 3.29. The Balaban J connectivity index is 1.93. The van der Waals surface area contributed by atoms with Gasteiger partial charge in [0.15, 0.2) is 5.82 Å². The Morgan fingerprint density at radius 1 is 1.47 bits per heavy atom. The lowest BCUT2D eigenvalue weighted by atomic mass is 10.4. The van der Waals surface area contributed by atoms with Gasteiger partial charge in [-0.25, -0.2) is 0 Å². The number of nitrogens with zero attached hydrogens (tertiary/aromatic N) is 2. The quantitative estimate of drug-likeness (QED) is 0.843. The minimum absolute atomic E-state index is 0.467. The van der Waals surface area contributed by atoms with Gasteiger partial charge in [0.1, 0.15) is 0 Å². The Bertz CT molecular complexity index is 489. The van der Waals surface area contributed by atoms with Gasteiger partial charge in [0.25, 0.3) is 0 Å². The highest BCUT2D eigenvalue weighted by molar-refractivity contribution is 7.98. The summed E-state index contributed by atoms with van der Waals surface area (Å²) >= 11 is 7.52. The van der Waals surface area contributed by atoms with Gasteiger partial charge in [-0.1, -0.05) is 22.8 Å². The monoisotopic (exact) mass is 269 g/mol. The molecule has 0 aliphatic carbocycles. The van der Waals surface area contributed by atoms with Crippen molar-refractivity contribution >= 4 is 29.4 Å². The van der Waals surface area contributed by atoms with E-state index >= 15 is 0 Å². The molecule has 0 saturated carbocycles. The topological polar surface area (TPSA) is 51.0 Å². The number of thioether (sulfide) groups is 1. The van der Waals surface area contributed by atoms with Crippen LogP contribution in [-0.4, -0.2) is 16.7 Å². The summed E-state index contributed by atoms with van der Waals surface area (Å²) in [6.45, 7) is 2.74. The van der Waals surface area contributed by atoms with Gasteiger partial charge in [0.2, 0.25) is 0 Å². The fourth-order valence-electron chi connectivity index (χ4n) is 1.24. The van der Waals surface area contributed by atoms with E-state index < -0.39 is 0 Å². The number of halogens is 1. The van der Waals surface area contributed by atoms with E-state index in [4.69, 9.17) is 16.1 Å². The molecule has 2 rings (SSSR count). The Labute approximate surface area is 109 Å². The fourth-order valence-corrected chi connectivity index (χ4v) is 2.29. The molecule has 90 valence electrons. The molecule has 1 N–H and O–H groups in total. The molecule has 17 heavy (non-hydrogen) atoms. The molecular weight excluding hydrogens is 258 g/mol. The minimum Gasteiger partial charge on any atom is -0.338 e. The summed E-state index contributed by atoms with van der Waals surface area (Å²) in [5.41, 5.74) is 0. The summed E-state index contributed by atoms with van der Waals surface area (Å²) in [6.07, 6.45) is 0. The molecule has 2 aromatic rings. The second-order valence-corrected chi connectivity index (χ2v) is 4.78. The largest absolute Gasteiger partial charge is 0.338 e. The van der Waals surface area contributed by atoms with Crippen molar-refractivity contribution in [2.24, 2.45) is 0 Å². The Morgan fingerprint density at radius 3 is 3.12 bits per heavy atom. The Kier molecular flexibility index (Phi) is 4.28. The van der Waals surface area contributed by atoms with Gasteiger partial charge in [-0.2, -0.15) is 4.98 Å². The highest BCUT2D eigenvalue weighted by atomic mass is 35.5. The molecule has 0 bridgehead atoms. The zero-order chi connectivity index (χ0) is 12.1. The van der Waals surface area contributed by atoms with Crippen LogP contribution in [0.4, 0.5) is 6.01 Å². The summed E-state index contributed by atoms with van der Waals surface area (Å²) in [6, 6.07) is 8.15. The summed E-state index contributed by atoms with van der Waals surface area (Å²) < 4.78 is 5.01. The predicted octanol–water partition coefficient (Wildman–Crippen LogP) is 3.45. The van der Waals surface area contributed by atoms with Gasteiger partial charge in [0, 0.05) is 16.5 Å². The summed E-state index contributed by atoms with van der Waals surface area (Å²) in [7, 11) is 0. The molecule has 0 unspecified atom stereocenters. The SMILES string of the molecule is CCNc1nc(CSc2cccc(Cl)c2)no1. The maximum atomic E-state index is 5.90. The first-order valence-corrected chi connectivity index (χ1v) is 6.59. The van der Waals surface area contributed by atoms with Crippen molar-refractivity contribution in [2.75, 3.05) is 11.9 Å². The molecule has 0 amide bonds. The van der Waals surface area contributed by atoms with Gasteiger partial charge in [0.05, 0.1) is 5.75 Å². The third-order valence-electron chi connectivity index (χ3n) is 1.96. The van der Waals surface area contributed by atoms with Crippen molar-refractivity contribution in [1.29, 1.82) is 0 Å². The minimum atomic E-state index is 0.467. The van der Waals surface area contributed by atoms with E-state index in [1.807, 2.05) is 31.2 Å². The number of hydrogen-bond acceptors (Lipinski definition) is 5. The van der Waals surface area contributed by atoms with E-state index in [-0.39, 0.29) is 0 Å². The van der Waals surface area contributed by atoms with E-state index in [0.717, 1.165) is 16.5 Å². The average Bonchev–Trinajstić information content (AvgIpc) is 2.75. The first-order valence-electron chi connectivity index (χ1n) is 5.22. The van der Waals surface area contributed by atoms with Crippen LogP contribution < -0.4 is 5.32 Å². The zero-order valence-electron chi connectivity index (χ0n) is 9.31. The molecule has 0 aliphatic heterocycles. The van der Waals surface area contributed by atoms with Crippen molar-refractivity contribution < 1.29 is 4.52 Å². The van der Waals surface area contributed by atoms with Gasteiger partial charge in [-0.3, -0.25) is 0 Å². The van der Waals surface area contributed by atoms with Crippen LogP contribution in [0, 0.1) is 0 Å². The number of rotatable bonds is 5. The van der Waals surface area contributed by atoms with Crippen molar-refractivity contribution in [3.63, 3.8) is 0 Å². The van der Waals surface area contributed by atoms with Gasteiger partial charge in [-0.05, 0) is 25.1 Å². The molecule has 1 heterocycles. The number of nitrogens with one attached hydrogen (secondary N) is 1. The standard InChI is InChI=1S/C11H12ClN3OS/c1-2-13-11-14-10(15-16-11)7-17-9-5-3-4-8(12)6-9/h3-6H,2,7H2,1H3,(H,13,14,15). The molecule has 4 nitrogen and oxygen atoms in total. The number of hydrogen-bond donors (Lipinski definition) is 1. The smallest absolute Gasteiger partial charge is 0.321 e. The van der Waals surface area contributed by atoms with Gasteiger partial charge < -0.3 is 9.84 Å². The third kappa shape index (κ3) is 3.64. The zero-order valence-corrected chi connectivity index (χ0v) is 10.9. The van der Waals surface area contributed by atoms with E-state index in [1.54, 1.807) is 11.8 Å². The van der Waals surface area contributed by atoms with Crippen LogP contribution in [0.15, 0.2) is 33.7 Å². The van der Waals surface area contributed by atoms with Crippen LogP contribution in [0.5, 0.6) is 0 Å². The maximum Gasteiger partial charge on any atom is 0.321 e. The lowest BCUT2D eigenvalue weighted by Crippen LogP contribution is -1.96. The molecule has 1 aromatic carbocycles. The van der Waals surface area contributed by atoms with Crippen molar-refractivity contribution in [2.45, 2.75) is 17.6 Å². The van der Waals surface area contributed by atoms with E-state index in [2.05, 4.69) is 15.5 Å². The van der Waals surface area contributed by atoms with Crippen LogP contribution in [0.3, 0.4) is 0 Å². The molecule has 0 spiro atoms. The third-order valence-corrected chi connectivity index (χ3v) is 3.19. The molecule has 1 aromatic heterocycles. The normalized spacial score (nSPS) is 10.5. The second kappa shape index (κ2) is 5.93. The van der Waals surface area contributed by atoms with Crippen LogP contribution in [0.2, 0.25) is 5.02 Å². The van der Waals surface area contributed by atoms with Gasteiger partial charge in [-0.15, -0.1) is 11.8 Å². The molecule has 0 radical (unpaired) electrons. The van der Waals surface area contributed by atoms with E-state index in [1.165, 1.54) is 0 Å². The number of anilines is 1. The highest BCUT2D eigenvalue weighted by Gasteiger charge is 2.05. The van der Waals surface area contributed by atoms with Gasteiger partial charge >= 0.3 is 6.01 Å².